The van der Waals surface area contributed by atoms with E-state index in [0.29, 0.717) is 22.2 Å². The summed E-state index contributed by atoms with van der Waals surface area (Å²) in [7, 11) is 0. The van der Waals surface area contributed by atoms with Gasteiger partial charge in [0.25, 0.3) is 0 Å². The summed E-state index contributed by atoms with van der Waals surface area (Å²) >= 11 is 11.7. The molecule has 1 unspecified atom stereocenters. The first kappa shape index (κ1) is 15.6. The summed E-state index contributed by atoms with van der Waals surface area (Å²) in [6, 6.07) is 4.73. The normalized spacial score (nSPS) is 13.1. The van der Waals surface area contributed by atoms with Crippen molar-refractivity contribution in [1.82, 2.24) is 0 Å². The molecule has 4 N–H and O–H groups in total. The van der Waals surface area contributed by atoms with E-state index in [2.05, 4.69) is 10.5 Å². The number of rotatable bonds is 5. The summed E-state index contributed by atoms with van der Waals surface area (Å²) in [5.74, 6) is -1.19. The van der Waals surface area contributed by atoms with Gasteiger partial charge in [-0.15, -0.1) is 0 Å². The molecule has 7 heteroatoms. The highest BCUT2D eigenvalue weighted by Crippen LogP contribution is 2.26. The third-order valence-corrected chi connectivity index (χ3v) is 3.10. The molecule has 5 nitrogen and oxygen atoms in total. The van der Waals surface area contributed by atoms with Crippen molar-refractivity contribution >= 4 is 40.6 Å². The molecular weight excluding hydrogens is 289 g/mol. The predicted octanol–water partition coefficient (Wildman–Crippen LogP) is 3.09. The van der Waals surface area contributed by atoms with Crippen LogP contribution in [0.25, 0.3) is 0 Å². The lowest BCUT2D eigenvalue weighted by molar-refractivity contribution is -0.118. The second-order valence-electron chi connectivity index (χ2n) is 3.98. The minimum atomic E-state index is -0.693. The van der Waals surface area contributed by atoms with Crippen molar-refractivity contribution in [1.29, 1.82) is 0 Å². The lowest BCUT2D eigenvalue weighted by Crippen LogP contribution is -2.34. The van der Waals surface area contributed by atoms with Gasteiger partial charge in [0.2, 0.25) is 5.91 Å². The van der Waals surface area contributed by atoms with E-state index in [4.69, 9.17) is 34.1 Å². The Labute approximate surface area is 121 Å². The molecule has 0 saturated heterocycles. The zero-order valence-corrected chi connectivity index (χ0v) is 11.9. The predicted molar refractivity (Wildman–Crippen MR) is 76.9 cm³/mol. The van der Waals surface area contributed by atoms with Crippen molar-refractivity contribution in [2.24, 2.45) is 16.8 Å². The maximum absolute atomic E-state index is 12.1. The molecule has 19 heavy (non-hydrogen) atoms. The lowest BCUT2D eigenvalue weighted by Gasteiger charge is -2.15. The third kappa shape index (κ3) is 4.29. The Kier molecular flexibility index (Phi) is 5.92. The van der Waals surface area contributed by atoms with Gasteiger partial charge in [0.05, 0.1) is 16.6 Å². The average Bonchev–Trinajstić information content (AvgIpc) is 2.38. The third-order valence-electron chi connectivity index (χ3n) is 2.56. The summed E-state index contributed by atoms with van der Waals surface area (Å²) in [5, 5.41) is 15.0. The molecule has 1 atom stereocenters. The van der Waals surface area contributed by atoms with Gasteiger partial charge in [0, 0.05) is 5.02 Å². The number of carbonyl (C=O) groups is 1. The van der Waals surface area contributed by atoms with Gasteiger partial charge >= 0.3 is 0 Å². The zero-order chi connectivity index (χ0) is 14.4. The molecule has 0 saturated carbocycles. The van der Waals surface area contributed by atoms with Crippen molar-refractivity contribution in [3.63, 3.8) is 0 Å². The maximum Gasteiger partial charge on any atom is 0.235 e. The minimum Gasteiger partial charge on any atom is -0.409 e. The van der Waals surface area contributed by atoms with Gasteiger partial charge in [-0.1, -0.05) is 41.7 Å². The van der Waals surface area contributed by atoms with Crippen molar-refractivity contribution < 1.29 is 10.0 Å². The topological polar surface area (TPSA) is 87.7 Å². The fourth-order valence-corrected chi connectivity index (χ4v) is 2.04. The molecule has 0 aromatic heterocycles. The Morgan fingerprint density at radius 2 is 2.21 bits per heavy atom. The standard InChI is InChI=1S/C12H15Cl2N3O2/c1-2-3-8(11(15)17-19)12(18)16-10-5-4-7(13)6-9(10)14/h4-6,8,19H,2-3H2,1H3,(H2,15,17)(H,16,18). The summed E-state index contributed by atoms with van der Waals surface area (Å²) in [6.07, 6.45) is 1.20. The van der Waals surface area contributed by atoms with E-state index in [1.165, 1.54) is 6.07 Å². The van der Waals surface area contributed by atoms with Crippen LogP contribution in [0.5, 0.6) is 0 Å². The van der Waals surface area contributed by atoms with Crippen LogP contribution in [-0.2, 0) is 4.79 Å². The molecule has 104 valence electrons. The first-order valence-corrected chi connectivity index (χ1v) is 6.48. The Morgan fingerprint density at radius 1 is 1.53 bits per heavy atom. The number of hydrogen-bond donors (Lipinski definition) is 3. The number of oxime groups is 1. The second-order valence-corrected chi connectivity index (χ2v) is 4.82. The molecule has 0 radical (unpaired) electrons. The highest BCUT2D eigenvalue weighted by atomic mass is 35.5. The Morgan fingerprint density at radius 3 is 2.74 bits per heavy atom. The van der Waals surface area contributed by atoms with Crippen LogP contribution in [0.15, 0.2) is 23.4 Å². The highest BCUT2D eigenvalue weighted by molar-refractivity contribution is 6.36. The minimum absolute atomic E-state index is 0.121. The van der Waals surface area contributed by atoms with Crippen LogP contribution in [0.1, 0.15) is 19.8 Å². The number of nitrogens with zero attached hydrogens (tertiary/aromatic N) is 1. The van der Waals surface area contributed by atoms with E-state index >= 15 is 0 Å². The van der Waals surface area contributed by atoms with E-state index in [9.17, 15) is 4.79 Å². The van der Waals surface area contributed by atoms with Crippen LogP contribution in [0.4, 0.5) is 5.69 Å². The summed E-state index contributed by atoms with van der Waals surface area (Å²) < 4.78 is 0. The molecule has 0 aliphatic carbocycles. The van der Waals surface area contributed by atoms with Crippen molar-refractivity contribution in [2.75, 3.05) is 5.32 Å². The molecule has 1 amide bonds. The van der Waals surface area contributed by atoms with Gasteiger partial charge in [0.1, 0.15) is 0 Å². The molecule has 1 rings (SSSR count). The van der Waals surface area contributed by atoms with E-state index in [1.54, 1.807) is 12.1 Å². The maximum atomic E-state index is 12.1. The monoisotopic (exact) mass is 303 g/mol. The van der Waals surface area contributed by atoms with Crippen LogP contribution in [-0.4, -0.2) is 17.0 Å². The molecule has 1 aromatic carbocycles. The summed E-state index contributed by atoms with van der Waals surface area (Å²) in [5.41, 5.74) is 5.94. The SMILES string of the molecule is CCCC(C(=O)Nc1ccc(Cl)cc1Cl)C(N)=NO. The number of hydrogen-bond acceptors (Lipinski definition) is 3. The van der Waals surface area contributed by atoms with Crippen LogP contribution in [0, 0.1) is 5.92 Å². The summed E-state index contributed by atoms with van der Waals surface area (Å²) in [4.78, 5) is 12.1. The Balaban J connectivity index is 2.87. The van der Waals surface area contributed by atoms with Gasteiger partial charge in [-0.05, 0) is 24.6 Å². The fraction of sp³-hybridized carbons (Fsp3) is 0.333. The van der Waals surface area contributed by atoms with E-state index < -0.39 is 5.92 Å². The molecule has 0 fully saturated rings. The van der Waals surface area contributed by atoms with Crippen molar-refractivity contribution in [2.45, 2.75) is 19.8 Å². The number of nitrogens with one attached hydrogen (secondary N) is 1. The highest BCUT2D eigenvalue weighted by Gasteiger charge is 2.22. The van der Waals surface area contributed by atoms with Gasteiger partial charge in [0.15, 0.2) is 5.84 Å². The number of nitrogens with two attached hydrogens (primary N) is 1. The van der Waals surface area contributed by atoms with Crippen LogP contribution >= 0.6 is 23.2 Å². The van der Waals surface area contributed by atoms with Gasteiger partial charge in [-0.2, -0.15) is 0 Å². The van der Waals surface area contributed by atoms with Crippen molar-refractivity contribution in [3.8, 4) is 0 Å². The smallest absolute Gasteiger partial charge is 0.235 e. The lowest BCUT2D eigenvalue weighted by atomic mass is 10.0. The Hall–Kier alpha value is -1.46. The van der Waals surface area contributed by atoms with Crippen LogP contribution < -0.4 is 11.1 Å². The van der Waals surface area contributed by atoms with Crippen LogP contribution in [0.3, 0.4) is 0 Å². The second kappa shape index (κ2) is 7.21. The number of amides is 1. The number of benzene rings is 1. The Bertz CT molecular complexity index is 492. The average molecular weight is 304 g/mol. The number of halogens is 2. The molecule has 0 spiro atoms. The first-order valence-electron chi connectivity index (χ1n) is 5.73. The number of amidine groups is 1. The van der Waals surface area contributed by atoms with E-state index in [-0.39, 0.29) is 11.7 Å². The zero-order valence-electron chi connectivity index (χ0n) is 10.4. The molecule has 0 heterocycles. The van der Waals surface area contributed by atoms with E-state index in [0.717, 1.165) is 6.42 Å². The largest absolute Gasteiger partial charge is 0.409 e. The molecule has 0 aliphatic heterocycles. The molecule has 0 bridgehead atoms. The molecular formula is C12H15Cl2N3O2. The molecule has 0 aliphatic rings. The number of anilines is 1. The number of carbonyl (C=O) groups excluding carboxylic acids is 1. The first-order chi connectivity index (χ1) is 8.99. The van der Waals surface area contributed by atoms with Crippen molar-refractivity contribution in [3.05, 3.63) is 28.2 Å². The van der Waals surface area contributed by atoms with E-state index in [1.807, 2.05) is 6.92 Å². The molecule has 1 aromatic rings. The quantitative estimate of drug-likeness (QED) is 0.338. The van der Waals surface area contributed by atoms with Gasteiger partial charge in [-0.25, -0.2) is 0 Å². The van der Waals surface area contributed by atoms with Gasteiger partial charge < -0.3 is 16.3 Å². The van der Waals surface area contributed by atoms with Crippen LogP contribution in [0.2, 0.25) is 10.0 Å². The summed E-state index contributed by atoms with van der Waals surface area (Å²) in [6.45, 7) is 1.90. The fourth-order valence-electron chi connectivity index (χ4n) is 1.58. The van der Waals surface area contributed by atoms with Gasteiger partial charge in [-0.3, -0.25) is 4.79 Å².